The Morgan fingerprint density at radius 1 is 1.48 bits per heavy atom. The van der Waals surface area contributed by atoms with E-state index in [2.05, 4.69) is 5.32 Å². The minimum Gasteiger partial charge on any atom is -0.475 e. The minimum absolute atomic E-state index is 0.0863. The van der Waals surface area contributed by atoms with Crippen molar-refractivity contribution in [2.24, 2.45) is 0 Å². The molecule has 0 saturated heterocycles. The van der Waals surface area contributed by atoms with E-state index in [9.17, 15) is 14.9 Å². The third kappa shape index (κ3) is 4.71. The van der Waals surface area contributed by atoms with Crippen LogP contribution in [0, 0.1) is 10.1 Å². The van der Waals surface area contributed by atoms with Gasteiger partial charge in [0.15, 0.2) is 12.4 Å². The lowest BCUT2D eigenvalue weighted by Gasteiger charge is -2.09. The fourth-order valence-electron chi connectivity index (χ4n) is 1.82. The molecule has 0 bridgehead atoms. The molecule has 1 fully saturated rings. The Bertz CT molecular complexity index is 528. The maximum Gasteiger partial charge on any atom is 0.344 e. The van der Waals surface area contributed by atoms with Crippen LogP contribution in [0.4, 0.5) is 5.69 Å². The molecule has 0 amide bonds. The van der Waals surface area contributed by atoms with Crippen molar-refractivity contribution in [2.75, 3.05) is 13.2 Å². The van der Waals surface area contributed by atoms with Gasteiger partial charge < -0.3 is 14.8 Å². The second-order valence-corrected chi connectivity index (χ2v) is 4.81. The molecule has 1 N–H and O–H groups in total. The van der Waals surface area contributed by atoms with Gasteiger partial charge in [-0.25, -0.2) is 4.79 Å². The van der Waals surface area contributed by atoms with Gasteiger partial charge in [-0.05, 0) is 31.4 Å². The Labute approximate surface area is 122 Å². The molecule has 1 aliphatic carbocycles. The number of benzene rings is 1. The number of hydrogen-bond donors (Lipinski definition) is 1. The van der Waals surface area contributed by atoms with Crippen LogP contribution in [0.3, 0.4) is 0 Å². The van der Waals surface area contributed by atoms with Gasteiger partial charge in [0.2, 0.25) is 0 Å². The van der Waals surface area contributed by atoms with Crippen molar-refractivity contribution in [1.82, 2.24) is 5.32 Å². The second-order valence-electron chi connectivity index (χ2n) is 4.81. The molecule has 1 aliphatic rings. The van der Waals surface area contributed by atoms with E-state index in [-0.39, 0.29) is 24.7 Å². The summed E-state index contributed by atoms with van der Waals surface area (Å²) in [6, 6.07) is 5.21. The standard InChI is InChI=1S/C14H18N2O5/c1-2-20-14(17)9-21-13-7-10(8-15-11-4-5-11)3-6-12(13)16(18)19/h3,6-7,11,15H,2,4-5,8-9H2,1H3. The summed E-state index contributed by atoms with van der Waals surface area (Å²) in [7, 11) is 0. The number of ether oxygens (including phenoxy) is 2. The fourth-order valence-corrected chi connectivity index (χ4v) is 1.82. The number of carbonyl (C=O) groups is 1. The lowest BCUT2D eigenvalue weighted by molar-refractivity contribution is -0.385. The molecule has 2 rings (SSSR count). The van der Waals surface area contributed by atoms with Crippen LogP contribution >= 0.6 is 0 Å². The number of hydrogen-bond acceptors (Lipinski definition) is 6. The van der Waals surface area contributed by atoms with Crippen LogP contribution in [0.2, 0.25) is 0 Å². The molecule has 7 nitrogen and oxygen atoms in total. The first-order valence-electron chi connectivity index (χ1n) is 6.89. The predicted octanol–water partition coefficient (Wildman–Crippen LogP) is 1.79. The van der Waals surface area contributed by atoms with E-state index >= 15 is 0 Å². The summed E-state index contributed by atoms with van der Waals surface area (Å²) in [4.78, 5) is 21.7. The van der Waals surface area contributed by atoms with Crippen molar-refractivity contribution in [3.05, 3.63) is 33.9 Å². The summed E-state index contributed by atoms with van der Waals surface area (Å²) in [6.07, 6.45) is 2.33. The number of nitrogens with zero attached hydrogens (tertiary/aromatic N) is 1. The normalized spacial score (nSPS) is 13.8. The Hall–Kier alpha value is -2.15. The van der Waals surface area contributed by atoms with E-state index in [1.165, 1.54) is 18.9 Å². The van der Waals surface area contributed by atoms with Gasteiger partial charge in [0.1, 0.15) is 0 Å². The first-order valence-corrected chi connectivity index (χ1v) is 6.89. The van der Waals surface area contributed by atoms with Crippen LogP contribution in [-0.2, 0) is 16.1 Å². The third-order valence-electron chi connectivity index (χ3n) is 3.04. The number of carbonyl (C=O) groups excluding carboxylic acids is 1. The summed E-state index contributed by atoms with van der Waals surface area (Å²) in [6.45, 7) is 2.22. The van der Waals surface area contributed by atoms with E-state index in [0.717, 1.165) is 5.56 Å². The number of nitro groups is 1. The molecule has 0 aromatic heterocycles. The maximum atomic E-state index is 11.3. The lowest BCUT2D eigenvalue weighted by atomic mass is 10.2. The van der Waals surface area contributed by atoms with Crippen molar-refractivity contribution < 1.29 is 19.2 Å². The van der Waals surface area contributed by atoms with Gasteiger partial charge in [-0.15, -0.1) is 0 Å². The minimum atomic E-state index is -0.548. The van der Waals surface area contributed by atoms with Gasteiger partial charge in [-0.3, -0.25) is 10.1 Å². The van der Waals surface area contributed by atoms with E-state index in [0.29, 0.717) is 12.6 Å². The molecule has 0 unspecified atom stereocenters. The highest BCUT2D eigenvalue weighted by Crippen LogP contribution is 2.28. The third-order valence-corrected chi connectivity index (χ3v) is 3.04. The van der Waals surface area contributed by atoms with Crippen LogP contribution in [-0.4, -0.2) is 30.1 Å². The molecule has 1 aromatic rings. The molecular formula is C14H18N2O5. The van der Waals surface area contributed by atoms with Crippen LogP contribution in [0.15, 0.2) is 18.2 Å². The molecule has 0 heterocycles. The van der Waals surface area contributed by atoms with Crippen LogP contribution in [0.25, 0.3) is 0 Å². The largest absolute Gasteiger partial charge is 0.475 e. The Balaban J connectivity index is 2.04. The molecule has 1 aromatic carbocycles. The van der Waals surface area contributed by atoms with Gasteiger partial charge in [-0.2, -0.15) is 0 Å². The van der Waals surface area contributed by atoms with Crippen molar-refractivity contribution in [2.45, 2.75) is 32.4 Å². The average Bonchev–Trinajstić information content (AvgIpc) is 3.27. The second kappa shape index (κ2) is 7.03. The van der Waals surface area contributed by atoms with E-state index in [1.807, 2.05) is 0 Å². The van der Waals surface area contributed by atoms with E-state index in [4.69, 9.17) is 9.47 Å². The molecule has 114 valence electrons. The van der Waals surface area contributed by atoms with Crippen molar-refractivity contribution >= 4 is 11.7 Å². The van der Waals surface area contributed by atoms with Gasteiger partial charge in [-0.1, -0.05) is 6.07 Å². The number of rotatable bonds is 8. The molecule has 0 radical (unpaired) electrons. The number of nitrogens with one attached hydrogen (secondary N) is 1. The van der Waals surface area contributed by atoms with Crippen LogP contribution in [0.5, 0.6) is 5.75 Å². The van der Waals surface area contributed by atoms with Crippen LogP contribution < -0.4 is 10.1 Å². The topological polar surface area (TPSA) is 90.7 Å². The Morgan fingerprint density at radius 2 is 2.24 bits per heavy atom. The number of nitro benzene ring substituents is 1. The zero-order valence-corrected chi connectivity index (χ0v) is 11.8. The zero-order valence-electron chi connectivity index (χ0n) is 11.8. The van der Waals surface area contributed by atoms with Crippen LogP contribution in [0.1, 0.15) is 25.3 Å². The Morgan fingerprint density at radius 3 is 2.86 bits per heavy atom. The first-order chi connectivity index (χ1) is 10.1. The van der Waals surface area contributed by atoms with E-state index in [1.54, 1.807) is 19.1 Å². The van der Waals surface area contributed by atoms with Gasteiger partial charge in [0.25, 0.3) is 0 Å². The molecule has 0 atom stereocenters. The number of esters is 1. The molecule has 0 aliphatic heterocycles. The summed E-state index contributed by atoms with van der Waals surface area (Å²) in [5, 5.41) is 14.3. The summed E-state index contributed by atoms with van der Waals surface area (Å²) in [5.41, 5.74) is 0.723. The Kier molecular flexibility index (Phi) is 5.10. The predicted molar refractivity (Wildman–Crippen MR) is 75.1 cm³/mol. The zero-order chi connectivity index (χ0) is 15.2. The highest BCUT2D eigenvalue weighted by molar-refractivity contribution is 5.71. The maximum absolute atomic E-state index is 11.3. The molecule has 1 saturated carbocycles. The highest BCUT2D eigenvalue weighted by atomic mass is 16.6. The van der Waals surface area contributed by atoms with Crippen molar-refractivity contribution in [3.63, 3.8) is 0 Å². The summed E-state index contributed by atoms with van der Waals surface area (Å²) < 4.78 is 9.97. The van der Waals surface area contributed by atoms with Gasteiger partial charge >= 0.3 is 11.7 Å². The average molecular weight is 294 g/mol. The first kappa shape index (κ1) is 15.2. The van der Waals surface area contributed by atoms with Gasteiger partial charge in [0, 0.05) is 18.7 Å². The molecular weight excluding hydrogens is 276 g/mol. The van der Waals surface area contributed by atoms with Crippen molar-refractivity contribution in [1.29, 1.82) is 0 Å². The smallest absolute Gasteiger partial charge is 0.344 e. The molecule has 7 heteroatoms. The molecule has 0 spiro atoms. The summed E-state index contributed by atoms with van der Waals surface area (Å²) >= 11 is 0. The van der Waals surface area contributed by atoms with Gasteiger partial charge in [0.05, 0.1) is 11.5 Å². The van der Waals surface area contributed by atoms with E-state index < -0.39 is 10.9 Å². The quantitative estimate of drug-likeness (QED) is 0.446. The fraction of sp³-hybridized carbons (Fsp3) is 0.500. The lowest BCUT2D eigenvalue weighted by Crippen LogP contribution is -2.17. The highest BCUT2D eigenvalue weighted by Gasteiger charge is 2.21. The SMILES string of the molecule is CCOC(=O)COc1cc(CNC2CC2)ccc1[N+](=O)[O-]. The summed E-state index contributed by atoms with van der Waals surface area (Å²) in [5.74, 6) is -0.462. The monoisotopic (exact) mass is 294 g/mol. The van der Waals surface area contributed by atoms with Crippen molar-refractivity contribution in [3.8, 4) is 5.75 Å². The molecule has 21 heavy (non-hydrogen) atoms.